The summed E-state index contributed by atoms with van der Waals surface area (Å²) in [4.78, 5) is 23.2. The van der Waals surface area contributed by atoms with Crippen molar-refractivity contribution in [3.63, 3.8) is 0 Å². The topological polar surface area (TPSA) is 75.6 Å². The number of carboxylic acid groups (broad SMARTS) is 1. The number of aromatic carboxylic acids is 1. The van der Waals surface area contributed by atoms with E-state index in [2.05, 4.69) is 5.32 Å². The van der Waals surface area contributed by atoms with Gasteiger partial charge in [0.1, 0.15) is 0 Å². The summed E-state index contributed by atoms with van der Waals surface area (Å²) in [7, 11) is 0. The Labute approximate surface area is 124 Å². The Morgan fingerprint density at radius 2 is 2.21 bits per heavy atom. The minimum atomic E-state index is -1.05. The number of amides is 1. The monoisotopic (exact) mass is 375 g/mol. The third-order valence-electron chi connectivity index (χ3n) is 3.04. The molecule has 1 saturated heterocycles. The quantitative estimate of drug-likeness (QED) is 0.796. The van der Waals surface area contributed by atoms with Gasteiger partial charge >= 0.3 is 5.97 Å². The molecule has 19 heavy (non-hydrogen) atoms. The van der Waals surface area contributed by atoms with Gasteiger partial charge in [-0.1, -0.05) is 0 Å². The second kappa shape index (κ2) is 5.87. The van der Waals surface area contributed by atoms with Crippen molar-refractivity contribution in [2.45, 2.75) is 19.4 Å². The third kappa shape index (κ3) is 3.44. The van der Waals surface area contributed by atoms with Gasteiger partial charge in [0.2, 0.25) is 5.91 Å². The minimum absolute atomic E-state index is 0.0754. The number of rotatable bonds is 3. The number of carboxylic acids is 1. The fourth-order valence-electron chi connectivity index (χ4n) is 2.04. The first kappa shape index (κ1) is 14.3. The average Bonchev–Trinajstić information content (AvgIpc) is 2.78. The SMILES string of the molecule is CC1CC(C(=O)Nc2ccc(I)cc2C(=O)O)CO1. The number of ether oxygens (including phenoxy) is 1. The summed E-state index contributed by atoms with van der Waals surface area (Å²) < 4.78 is 6.15. The zero-order valence-corrected chi connectivity index (χ0v) is 12.5. The highest BCUT2D eigenvalue weighted by Gasteiger charge is 2.28. The van der Waals surface area contributed by atoms with Crippen LogP contribution in [0.15, 0.2) is 18.2 Å². The summed E-state index contributed by atoms with van der Waals surface area (Å²) in [6.07, 6.45) is 0.741. The Morgan fingerprint density at radius 1 is 1.47 bits per heavy atom. The van der Waals surface area contributed by atoms with Crippen LogP contribution < -0.4 is 5.32 Å². The normalized spacial score (nSPS) is 22.2. The van der Waals surface area contributed by atoms with E-state index in [0.717, 1.165) is 3.57 Å². The molecule has 1 aliphatic rings. The zero-order valence-electron chi connectivity index (χ0n) is 10.4. The van der Waals surface area contributed by atoms with Gasteiger partial charge in [-0.15, -0.1) is 0 Å². The third-order valence-corrected chi connectivity index (χ3v) is 3.71. The summed E-state index contributed by atoms with van der Waals surface area (Å²) >= 11 is 2.03. The Bertz CT molecular complexity index is 517. The van der Waals surface area contributed by atoms with E-state index in [9.17, 15) is 9.59 Å². The van der Waals surface area contributed by atoms with Crippen LogP contribution in [-0.2, 0) is 9.53 Å². The molecule has 2 N–H and O–H groups in total. The van der Waals surface area contributed by atoms with Crippen molar-refractivity contribution < 1.29 is 19.4 Å². The van der Waals surface area contributed by atoms with Crippen LogP contribution in [0.5, 0.6) is 0 Å². The van der Waals surface area contributed by atoms with Crippen LogP contribution >= 0.6 is 22.6 Å². The van der Waals surface area contributed by atoms with E-state index < -0.39 is 5.97 Å². The lowest BCUT2D eigenvalue weighted by atomic mass is 10.0. The molecule has 2 rings (SSSR count). The molecule has 0 aliphatic carbocycles. The summed E-state index contributed by atoms with van der Waals surface area (Å²) in [6.45, 7) is 2.31. The molecular weight excluding hydrogens is 361 g/mol. The van der Waals surface area contributed by atoms with Gasteiger partial charge in [0.15, 0.2) is 0 Å². The highest BCUT2D eigenvalue weighted by Crippen LogP contribution is 2.23. The lowest BCUT2D eigenvalue weighted by Crippen LogP contribution is -2.24. The van der Waals surface area contributed by atoms with E-state index in [1.807, 2.05) is 29.5 Å². The molecule has 0 spiro atoms. The molecule has 0 saturated carbocycles. The number of benzene rings is 1. The van der Waals surface area contributed by atoms with Gasteiger partial charge in [-0.2, -0.15) is 0 Å². The first-order chi connectivity index (χ1) is 8.97. The second-order valence-electron chi connectivity index (χ2n) is 4.56. The molecule has 1 fully saturated rings. The van der Waals surface area contributed by atoms with Crippen molar-refractivity contribution in [2.75, 3.05) is 11.9 Å². The standard InChI is InChI=1S/C13H14INO4/c1-7-4-8(6-19-7)12(16)15-11-3-2-9(14)5-10(11)13(17)18/h2-3,5,7-8H,4,6H2,1H3,(H,15,16)(H,17,18). The second-order valence-corrected chi connectivity index (χ2v) is 5.81. The van der Waals surface area contributed by atoms with Crippen molar-refractivity contribution in [2.24, 2.45) is 5.92 Å². The number of carbonyl (C=O) groups is 2. The van der Waals surface area contributed by atoms with Crippen LogP contribution in [0.1, 0.15) is 23.7 Å². The maximum absolute atomic E-state index is 12.0. The van der Waals surface area contributed by atoms with E-state index in [1.54, 1.807) is 12.1 Å². The molecule has 2 unspecified atom stereocenters. The number of carbonyl (C=O) groups excluding carboxylic acids is 1. The van der Waals surface area contributed by atoms with Crippen molar-refractivity contribution in [1.82, 2.24) is 0 Å². The van der Waals surface area contributed by atoms with Crippen LogP contribution in [-0.4, -0.2) is 29.7 Å². The molecular formula is C13H14INO4. The number of nitrogens with one attached hydrogen (secondary N) is 1. The molecule has 102 valence electrons. The van der Waals surface area contributed by atoms with Gasteiger partial charge in [0.25, 0.3) is 0 Å². The average molecular weight is 375 g/mol. The van der Waals surface area contributed by atoms with Gasteiger partial charge < -0.3 is 15.2 Å². The maximum atomic E-state index is 12.0. The summed E-state index contributed by atoms with van der Waals surface area (Å²) in [5, 5.41) is 11.8. The largest absolute Gasteiger partial charge is 0.478 e. The van der Waals surface area contributed by atoms with Gasteiger partial charge in [0, 0.05) is 3.57 Å². The van der Waals surface area contributed by atoms with Gasteiger partial charge in [-0.3, -0.25) is 4.79 Å². The Hall–Kier alpha value is -1.15. The van der Waals surface area contributed by atoms with E-state index in [-0.39, 0.29) is 23.5 Å². The fourth-order valence-corrected chi connectivity index (χ4v) is 2.53. The number of hydrogen-bond donors (Lipinski definition) is 2. The Kier molecular flexibility index (Phi) is 4.41. The molecule has 1 aromatic carbocycles. The summed E-state index contributed by atoms with van der Waals surface area (Å²) in [5.74, 6) is -1.45. The van der Waals surface area contributed by atoms with Crippen molar-refractivity contribution in [3.8, 4) is 0 Å². The predicted octanol–water partition coefficient (Wildman–Crippen LogP) is 2.35. The van der Waals surface area contributed by atoms with E-state index >= 15 is 0 Å². The first-order valence-electron chi connectivity index (χ1n) is 5.92. The smallest absolute Gasteiger partial charge is 0.337 e. The van der Waals surface area contributed by atoms with E-state index in [0.29, 0.717) is 18.7 Å². The molecule has 1 aromatic rings. The first-order valence-corrected chi connectivity index (χ1v) is 7.00. The summed E-state index contributed by atoms with van der Waals surface area (Å²) in [5.41, 5.74) is 0.435. The van der Waals surface area contributed by atoms with Crippen molar-refractivity contribution >= 4 is 40.2 Å². The molecule has 0 bridgehead atoms. The van der Waals surface area contributed by atoms with Crippen LogP contribution in [0, 0.1) is 9.49 Å². The van der Waals surface area contributed by atoms with Crippen LogP contribution in [0.3, 0.4) is 0 Å². The molecule has 1 aliphatic heterocycles. The van der Waals surface area contributed by atoms with Gasteiger partial charge in [-0.05, 0) is 54.1 Å². The highest BCUT2D eigenvalue weighted by atomic mass is 127. The van der Waals surface area contributed by atoms with Crippen LogP contribution in [0.4, 0.5) is 5.69 Å². The molecule has 1 amide bonds. The predicted molar refractivity (Wildman–Crippen MR) is 78.3 cm³/mol. The Morgan fingerprint density at radius 3 is 2.79 bits per heavy atom. The number of anilines is 1. The van der Waals surface area contributed by atoms with Gasteiger partial charge in [0.05, 0.1) is 29.9 Å². The van der Waals surface area contributed by atoms with Gasteiger partial charge in [-0.25, -0.2) is 4.79 Å². The van der Waals surface area contributed by atoms with Crippen LogP contribution in [0.25, 0.3) is 0 Å². The number of hydrogen-bond acceptors (Lipinski definition) is 3. The lowest BCUT2D eigenvalue weighted by molar-refractivity contribution is -0.119. The molecule has 5 nitrogen and oxygen atoms in total. The molecule has 1 heterocycles. The van der Waals surface area contributed by atoms with E-state index in [4.69, 9.17) is 9.84 Å². The summed E-state index contributed by atoms with van der Waals surface area (Å²) in [6, 6.07) is 4.91. The van der Waals surface area contributed by atoms with Crippen LogP contribution in [0.2, 0.25) is 0 Å². The lowest BCUT2D eigenvalue weighted by Gasteiger charge is -2.12. The van der Waals surface area contributed by atoms with Crippen molar-refractivity contribution in [3.05, 3.63) is 27.3 Å². The Balaban J connectivity index is 2.14. The van der Waals surface area contributed by atoms with Crippen molar-refractivity contribution in [1.29, 1.82) is 0 Å². The maximum Gasteiger partial charge on any atom is 0.337 e. The minimum Gasteiger partial charge on any atom is -0.478 e. The molecule has 0 radical (unpaired) electrons. The molecule has 2 atom stereocenters. The molecule has 6 heteroatoms. The zero-order chi connectivity index (χ0) is 14.0. The van der Waals surface area contributed by atoms with E-state index in [1.165, 1.54) is 6.07 Å². The number of halogens is 1. The highest BCUT2D eigenvalue weighted by molar-refractivity contribution is 14.1. The molecule has 0 aromatic heterocycles. The fraction of sp³-hybridized carbons (Fsp3) is 0.385.